The largest absolute Gasteiger partial charge is 0.379 e. The molecule has 4 rings (SSSR count). The first kappa shape index (κ1) is 45.7. The van der Waals surface area contributed by atoms with Crippen LogP contribution in [0.15, 0.2) is 0 Å². The predicted octanol–water partition coefficient (Wildman–Crippen LogP) is 6.54. The molecule has 8 heteroatoms. The minimum Gasteiger partial charge on any atom is -0.379 e. The van der Waals surface area contributed by atoms with Gasteiger partial charge in [-0.05, 0) is 61.1 Å². The highest BCUT2D eigenvalue weighted by atomic mass is 16.5. The van der Waals surface area contributed by atoms with Crippen molar-refractivity contribution in [2.45, 2.75) is 102 Å². The van der Waals surface area contributed by atoms with E-state index in [1.165, 1.54) is 71.6 Å². The fourth-order valence-electron chi connectivity index (χ4n) is 6.08. The molecular weight excluding hydrogens is 598 g/mol. The van der Waals surface area contributed by atoms with E-state index in [4.69, 9.17) is 14.2 Å². The molecule has 8 nitrogen and oxygen atoms in total. The third kappa shape index (κ3) is 28.4. The van der Waals surface area contributed by atoms with Crippen molar-refractivity contribution in [3.8, 4) is 0 Å². The topological polar surface area (TPSA) is 43.9 Å². The molecule has 0 aromatic carbocycles. The zero-order valence-corrected chi connectivity index (χ0v) is 34.7. The minimum atomic E-state index is 0.428. The monoisotopic (exact) mass is 684 g/mol. The maximum Gasteiger partial charge on any atom is 0.0594 e. The van der Waals surface area contributed by atoms with Gasteiger partial charge >= 0.3 is 0 Å². The highest BCUT2D eigenvalue weighted by Gasteiger charge is 2.20. The van der Waals surface area contributed by atoms with Gasteiger partial charge in [0.05, 0.1) is 39.6 Å². The Morgan fingerprint density at radius 1 is 0.375 bits per heavy atom. The summed E-state index contributed by atoms with van der Waals surface area (Å²) < 4.78 is 15.9. The number of likely N-dealkylation sites (N-methyl/N-ethyl adjacent to an activating group) is 1. The Kier molecular flexibility index (Phi) is 22.2. The van der Waals surface area contributed by atoms with Crippen LogP contribution in [-0.4, -0.2) is 163 Å². The summed E-state index contributed by atoms with van der Waals surface area (Å²) in [4.78, 5) is 12.5. The molecule has 0 bridgehead atoms. The van der Waals surface area contributed by atoms with Gasteiger partial charge in [-0.15, -0.1) is 0 Å². The van der Waals surface area contributed by atoms with Crippen LogP contribution in [0.25, 0.3) is 0 Å². The quantitative estimate of drug-likeness (QED) is 0.300. The molecule has 0 radical (unpaired) electrons. The van der Waals surface area contributed by atoms with Gasteiger partial charge in [0.2, 0.25) is 0 Å². The van der Waals surface area contributed by atoms with Crippen LogP contribution in [0.1, 0.15) is 102 Å². The van der Waals surface area contributed by atoms with E-state index in [-0.39, 0.29) is 0 Å². The van der Waals surface area contributed by atoms with E-state index in [2.05, 4.69) is 115 Å². The van der Waals surface area contributed by atoms with Gasteiger partial charge in [0, 0.05) is 78.5 Å². The van der Waals surface area contributed by atoms with E-state index < -0.39 is 0 Å². The smallest absolute Gasteiger partial charge is 0.0594 e. The number of rotatable bonds is 7. The second kappa shape index (κ2) is 23.3. The predicted molar refractivity (Wildman–Crippen MR) is 207 cm³/mol. The summed E-state index contributed by atoms with van der Waals surface area (Å²) in [7, 11) is 2.20. The normalized spacial score (nSPS) is 21.7. The highest BCUT2D eigenvalue weighted by Crippen LogP contribution is 2.21. The zero-order chi connectivity index (χ0) is 36.3. The molecule has 0 aliphatic carbocycles. The third-order valence-corrected chi connectivity index (χ3v) is 8.88. The van der Waals surface area contributed by atoms with Crippen molar-refractivity contribution in [3.63, 3.8) is 0 Å². The number of nitrogens with zero attached hydrogens (tertiary/aromatic N) is 5. The second-order valence-electron chi connectivity index (χ2n) is 19.5. The molecule has 4 aliphatic rings. The first-order valence-corrected chi connectivity index (χ1v) is 19.5. The SMILES string of the molecule is CC(C)(C)CCCN1CCOCC1.CC(C)(C)CCN1CCOCC1.CC(C)(C)CN1CCOCC1.CN1CCN(CC(C)(C)C)CC1. The molecule has 4 aliphatic heterocycles. The van der Waals surface area contributed by atoms with Gasteiger partial charge in [-0.3, -0.25) is 14.7 Å². The van der Waals surface area contributed by atoms with Crippen molar-refractivity contribution < 1.29 is 14.2 Å². The van der Waals surface area contributed by atoms with Gasteiger partial charge < -0.3 is 24.0 Å². The van der Waals surface area contributed by atoms with E-state index >= 15 is 0 Å². The summed E-state index contributed by atoms with van der Waals surface area (Å²) >= 11 is 0. The van der Waals surface area contributed by atoms with E-state index in [9.17, 15) is 0 Å². The van der Waals surface area contributed by atoms with Crippen molar-refractivity contribution in [3.05, 3.63) is 0 Å². The van der Waals surface area contributed by atoms with Crippen LogP contribution in [-0.2, 0) is 14.2 Å². The van der Waals surface area contributed by atoms with E-state index in [1.54, 1.807) is 0 Å². The zero-order valence-electron chi connectivity index (χ0n) is 34.7. The highest BCUT2D eigenvalue weighted by molar-refractivity contribution is 4.75. The van der Waals surface area contributed by atoms with Crippen LogP contribution in [0, 0.1) is 21.7 Å². The third-order valence-electron chi connectivity index (χ3n) is 8.88. The Morgan fingerprint density at radius 3 is 1.06 bits per heavy atom. The number of piperazine rings is 1. The van der Waals surface area contributed by atoms with Crippen LogP contribution in [0.5, 0.6) is 0 Å². The van der Waals surface area contributed by atoms with Crippen molar-refractivity contribution in [1.82, 2.24) is 24.5 Å². The van der Waals surface area contributed by atoms with Gasteiger partial charge in [0.1, 0.15) is 0 Å². The van der Waals surface area contributed by atoms with Crippen molar-refractivity contribution in [2.24, 2.45) is 21.7 Å². The summed E-state index contributed by atoms with van der Waals surface area (Å²) in [6.45, 7) is 49.7. The average Bonchev–Trinajstić information content (AvgIpc) is 2.97. The van der Waals surface area contributed by atoms with Gasteiger partial charge in [-0.1, -0.05) is 83.1 Å². The lowest BCUT2D eigenvalue weighted by atomic mass is 9.90. The van der Waals surface area contributed by atoms with Gasteiger partial charge in [-0.2, -0.15) is 0 Å². The van der Waals surface area contributed by atoms with Crippen LogP contribution in [0.4, 0.5) is 0 Å². The minimum absolute atomic E-state index is 0.428. The Bertz CT molecular complexity index is 758. The summed E-state index contributed by atoms with van der Waals surface area (Å²) in [5, 5.41) is 0. The molecule has 0 spiro atoms. The number of morpholine rings is 3. The van der Waals surface area contributed by atoms with Gasteiger partial charge in [-0.25, -0.2) is 0 Å². The van der Waals surface area contributed by atoms with Crippen LogP contribution < -0.4 is 0 Å². The van der Waals surface area contributed by atoms with Gasteiger partial charge in [0.25, 0.3) is 0 Å². The molecule has 0 atom stereocenters. The van der Waals surface area contributed by atoms with Crippen molar-refractivity contribution >= 4 is 0 Å². The summed E-state index contributed by atoms with van der Waals surface area (Å²) in [6.07, 6.45) is 3.93. The molecule has 4 fully saturated rings. The summed E-state index contributed by atoms with van der Waals surface area (Å²) in [5.41, 5.74) is 1.85. The van der Waals surface area contributed by atoms with E-state index in [1.807, 2.05) is 0 Å². The number of hydrogen-bond donors (Lipinski definition) is 0. The Morgan fingerprint density at radius 2 is 0.708 bits per heavy atom. The Balaban J connectivity index is 0.000000320. The van der Waals surface area contributed by atoms with Crippen LogP contribution in [0.2, 0.25) is 0 Å². The molecule has 0 amide bonds. The molecule has 48 heavy (non-hydrogen) atoms. The fraction of sp³-hybridized carbons (Fsp3) is 1.00. The summed E-state index contributed by atoms with van der Waals surface area (Å²) in [6, 6.07) is 0. The summed E-state index contributed by atoms with van der Waals surface area (Å²) in [5.74, 6) is 0. The maximum atomic E-state index is 5.31. The standard InChI is InChI=1S/C11H23NO.C10H22N2.C10H21NO.C9H19NO/c1-11(2,3)5-4-6-12-7-9-13-10-8-12;1-10(2,3)9-12-7-5-11(4)6-8-12;1-10(2,3)4-5-11-6-8-12-9-7-11;1-9(2,3)8-10-4-6-11-7-5-10/h4-10H2,1-3H3;5-9H2,1-4H3;4-9H2,1-3H3;4-8H2,1-3H3. The molecule has 0 saturated carbocycles. The Labute approximate surface area is 300 Å². The maximum absolute atomic E-state index is 5.31. The lowest BCUT2D eigenvalue weighted by Gasteiger charge is -2.36. The second-order valence-corrected chi connectivity index (χ2v) is 19.5. The fourth-order valence-corrected chi connectivity index (χ4v) is 6.08. The number of ether oxygens (including phenoxy) is 3. The average molecular weight is 684 g/mol. The Hall–Kier alpha value is -0.320. The lowest BCUT2D eigenvalue weighted by Crippen LogP contribution is -2.47. The molecule has 0 aromatic heterocycles. The molecule has 4 saturated heterocycles. The lowest BCUT2D eigenvalue weighted by molar-refractivity contribution is 0.0236. The van der Waals surface area contributed by atoms with Gasteiger partial charge in [0.15, 0.2) is 0 Å². The van der Waals surface area contributed by atoms with Crippen LogP contribution >= 0.6 is 0 Å². The first-order valence-electron chi connectivity index (χ1n) is 19.5. The van der Waals surface area contributed by atoms with Crippen molar-refractivity contribution in [1.29, 1.82) is 0 Å². The van der Waals surface area contributed by atoms with Crippen molar-refractivity contribution in [2.75, 3.05) is 138 Å². The molecule has 4 heterocycles. The molecule has 0 aromatic rings. The molecule has 0 unspecified atom stereocenters. The molecule has 0 N–H and O–H groups in total. The molecular formula is C40H85N5O3. The number of hydrogen-bond acceptors (Lipinski definition) is 8. The van der Waals surface area contributed by atoms with E-state index in [0.29, 0.717) is 21.7 Å². The van der Waals surface area contributed by atoms with Crippen LogP contribution in [0.3, 0.4) is 0 Å². The molecule has 288 valence electrons. The van der Waals surface area contributed by atoms with E-state index in [0.717, 1.165) is 78.9 Å². The first-order chi connectivity index (χ1) is 22.2.